The van der Waals surface area contributed by atoms with Gasteiger partial charge in [-0.15, -0.1) is 0 Å². The molecule has 0 amide bonds. The molecule has 0 aliphatic rings. The summed E-state index contributed by atoms with van der Waals surface area (Å²) in [6.07, 6.45) is 4.72. The van der Waals surface area contributed by atoms with Crippen LogP contribution in [0, 0.1) is 6.92 Å². The topological polar surface area (TPSA) is 34.9 Å². The van der Waals surface area contributed by atoms with Crippen LogP contribution in [0.2, 0.25) is 0 Å². The number of ketones is 1. The molecule has 1 aromatic heterocycles. The lowest BCUT2D eigenvalue weighted by atomic mass is 10.1. The van der Waals surface area contributed by atoms with E-state index in [0.29, 0.717) is 12.2 Å². The highest BCUT2D eigenvalue weighted by Gasteiger charge is 2.10. The second kappa shape index (κ2) is 4.95. The van der Waals surface area contributed by atoms with Crippen LogP contribution >= 0.6 is 0 Å². The van der Waals surface area contributed by atoms with Crippen LogP contribution in [-0.4, -0.2) is 15.3 Å². The lowest BCUT2D eigenvalue weighted by Gasteiger charge is -2.02. The minimum Gasteiger partial charge on any atom is -0.332 e. The number of rotatable bonds is 4. The molecule has 1 heterocycles. The molecule has 1 aromatic carbocycles. The van der Waals surface area contributed by atoms with E-state index in [1.54, 1.807) is 17.0 Å². The van der Waals surface area contributed by atoms with Crippen molar-refractivity contribution >= 4 is 5.78 Å². The summed E-state index contributed by atoms with van der Waals surface area (Å²) < 4.78 is 1.76. The van der Waals surface area contributed by atoms with Crippen LogP contribution in [0.3, 0.4) is 0 Å². The number of carbonyl (C=O) groups excluding carboxylic acids is 1. The van der Waals surface area contributed by atoms with Crippen molar-refractivity contribution in [2.45, 2.75) is 19.8 Å². The Morgan fingerprint density at radius 1 is 1.29 bits per heavy atom. The van der Waals surface area contributed by atoms with Gasteiger partial charge in [0.15, 0.2) is 11.6 Å². The SMILES string of the molecule is Cc1ccc(CCC(=O)c2nccn2C)cc1. The summed E-state index contributed by atoms with van der Waals surface area (Å²) in [7, 11) is 1.84. The summed E-state index contributed by atoms with van der Waals surface area (Å²) in [4.78, 5) is 15.9. The van der Waals surface area contributed by atoms with E-state index in [9.17, 15) is 4.79 Å². The van der Waals surface area contributed by atoms with E-state index in [4.69, 9.17) is 0 Å². The summed E-state index contributed by atoms with van der Waals surface area (Å²) in [5.41, 5.74) is 2.43. The minimum absolute atomic E-state index is 0.0954. The van der Waals surface area contributed by atoms with E-state index in [1.165, 1.54) is 11.1 Å². The van der Waals surface area contributed by atoms with E-state index in [-0.39, 0.29) is 5.78 Å². The monoisotopic (exact) mass is 228 g/mol. The van der Waals surface area contributed by atoms with Crippen molar-refractivity contribution in [2.75, 3.05) is 0 Å². The Balaban J connectivity index is 1.97. The molecule has 0 saturated carbocycles. The molecule has 0 unspecified atom stereocenters. The summed E-state index contributed by atoms with van der Waals surface area (Å²) in [5, 5.41) is 0. The van der Waals surface area contributed by atoms with Crippen LogP contribution < -0.4 is 0 Å². The third-order valence-electron chi connectivity index (χ3n) is 2.83. The molecule has 0 spiro atoms. The first-order chi connectivity index (χ1) is 8.16. The van der Waals surface area contributed by atoms with Crippen molar-refractivity contribution in [2.24, 2.45) is 7.05 Å². The molecule has 2 aromatic rings. The first-order valence-corrected chi connectivity index (χ1v) is 5.73. The highest BCUT2D eigenvalue weighted by atomic mass is 16.1. The molecule has 17 heavy (non-hydrogen) atoms. The number of aryl methyl sites for hydroxylation is 3. The Kier molecular flexibility index (Phi) is 3.38. The third-order valence-corrected chi connectivity index (χ3v) is 2.83. The molecule has 0 atom stereocenters. The average Bonchev–Trinajstić information content (AvgIpc) is 2.74. The molecule has 2 rings (SSSR count). The number of Topliss-reactive ketones (excluding diaryl/α,β-unsaturated/α-hetero) is 1. The van der Waals surface area contributed by atoms with E-state index in [1.807, 2.05) is 7.05 Å². The molecule has 0 fully saturated rings. The highest BCUT2D eigenvalue weighted by Crippen LogP contribution is 2.08. The van der Waals surface area contributed by atoms with Crippen molar-refractivity contribution < 1.29 is 4.79 Å². The number of carbonyl (C=O) groups is 1. The first-order valence-electron chi connectivity index (χ1n) is 5.73. The van der Waals surface area contributed by atoms with Gasteiger partial charge >= 0.3 is 0 Å². The second-order valence-corrected chi connectivity index (χ2v) is 4.27. The summed E-state index contributed by atoms with van der Waals surface area (Å²) in [6.45, 7) is 2.06. The number of aromatic nitrogens is 2. The van der Waals surface area contributed by atoms with Crippen LogP contribution in [0.5, 0.6) is 0 Å². The van der Waals surface area contributed by atoms with E-state index in [2.05, 4.69) is 36.2 Å². The molecule has 0 N–H and O–H groups in total. The Morgan fingerprint density at radius 3 is 2.59 bits per heavy atom. The largest absolute Gasteiger partial charge is 0.332 e. The minimum atomic E-state index is 0.0954. The zero-order valence-corrected chi connectivity index (χ0v) is 10.2. The predicted molar refractivity (Wildman–Crippen MR) is 67.0 cm³/mol. The molecule has 3 nitrogen and oxygen atoms in total. The van der Waals surface area contributed by atoms with Crippen molar-refractivity contribution in [1.29, 1.82) is 0 Å². The van der Waals surface area contributed by atoms with Gasteiger partial charge in [0.05, 0.1) is 0 Å². The van der Waals surface area contributed by atoms with Crippen LogP contribution in [0.4, 0.5) is 0 Å². The molecule has 3 heteroatoms. The zero-order chi connectivity index (χ0) is 12.3. The first kappa shape index (κ1) is 11.6. The molecular formula is C14H16N2O. The Bertz CT molecular complexity index is 511. The highest BCUT2D eigenvalue weighted by molar-refractivity contribution is 5.92. The number of imidazole rings is 1. The fourth-order valence-corrected chi connectivity index (χ4v) is 1.76. The predicted octanol–water partition coefficient (Wildman–Crippen LogP) is 2.54. The number of benzene rings is 1. The maximum Gasteiger partial charge on any atom is 0.198 e. The lowest BCUT2D eigenvalue weighted by Crippen LogP contribution is -2.08. The fourth-order valence-electron chi connectivity index (χ4n) is 1.76. The van der Waals surface area contributed by atoms with Gasteiger partial charge in [-0.3, -0.25) is 4.79 Å². The zero-order valence-electron chi connectivity index (χ0n) is 10.2. The molecule has 0 bridgehead atoms. The van der Waals surface area contributed by atoms with Gasteiger partial charge in [0.1, 0.15) is 0 Å². The average molecular weight is 228 g/mol. The summed E-state index contributed by atoms with van der Waals surface area (Å²) in [6, 6.07) is 8.28. The summed E-state index contributed by atoms with van der Waals surface area (Å²) in [5.74, 6) is 0.634. The van der Waals surface area contributed by atoms with E-state index in [0.717, 1.165) is 6.42 Å². The Labute approximate surface area is 101 Å². The Hall–Kier alpha value is -1.90. The number of hydrogen-bond donors (Lipinski definition) is 0. The van der Waals surface area contributed by atoms with Crippen LogP contribution in [0.1, 0.15) is 28.2 Å². The molecule has 0 saturated heterocycles. The van der Waals surface area contributed by atoms with Gasteiger partial charge in [0, 0.05) is 25.9 Å². The maximum absolute atomic E-state index is 11.9. The quantitative estimate of drug-likeness (QED) is 0.754. The van der Waals surface area contributed by atoms with Gasteiger partial charge in [-0.2, -0.15) is 0 Å². The third kappa shape index (κ3) is 2.81. The molecule has 0 aliphatic carbocycles. The van der Waals surface area contributed by atoms with E-state index < -0.39 is 0 Å². The van der Waals surface area contributed by atoms with Crippen molar-refractivity contribution in [3.8, 4) is 0 Å². The molecular weight excluding hydrogens is 212 g/mol. The fraction of sp³-hybridized carbons (Fsp3) is 0.286. The van der Waals surface area contributed by atoms with Crippen LogP contribution in [0.25, 0.3) is 0 Å². The lowest BCUT2D eigenvalue weighted by molar-refractivity contribution is 0.0970. The van der Waals surface area contributed by atoms with Crippen molar-refractivity contribution in [1.82, 2.24) is 9.55 Å². The van der Waals surface area contributed by atoms with Gasteiger partial charge in [-0.25, -0.2) is 4.98 Å². The second-order valence-electron chi connectivity index (χ2n) is 4.27. The standard InChI is InChI=1S/C14H16N2O/c1-11-3-5-12(6-4-11)7-8-13(17)14-15-9-10-16(14)2/h3-6,9-10H,7-8H2,1-2H3. The molecule has 0 radical (unpaired) electrons. The normalized spacial score (nSPS) is 10.5. The number of nitrogens with zero attached hydrogens (tertiary/aromatic N) is 2. The summed E-state index contributed by atoms with van der Waals surface area (Å²) >= 11 is 0. The van der Waals surface area contributed by atoms with Crippen LogP contribution in [-0.2, 0) is 13.5 Å². The van der Waals surface area contributed by atoms with Crippen molar-refractivity contribution in [3.63, 3.8) is 0 Å². The van der Waals surface area contributed by atoms with Gasteiger partial charge < -0.3 is 4.57 Å². The van der Waals surface area contributed by atoms with Gasteiger partial charge in [0.25, 0.3) is 0 Å². The van der Waals surface area contributed by atoms with Gasteiger partial charge in [0.2, 0.25) is 0 Å². The number of hydrogen-bond acceptors (Lipinski definition) is 2. The van der Waals surface area contributed by atoms with Crippen LogP contribution in [0.15, 0.2) is 36.7 Å². The van der Waals surface area contributed by atoms with Gasteiger partial charge in [-0.05, 0) is 18.9 Å². The van der Waals surface area contributed by atoms with Crippen molar-refractivity contribution in [3.05, 3.63) is 53.6 Å². The van der Waals surface area contributed by atoms with E-state index >= 15 is 0 Å². The molecule has 88 valence electrons. The molecule has 0 aliphatic heterocycles. The maximum atomic E-state index is 11.9. The smallest absolute Gasteiger partial charge is 0.198 e. The Morgan fingerprint density at radius 2 is 2.00 bits per heavy atom. The van der Waals surface area contributed by atoms with Gasteiger partial charge in [-0.1, -0.05) is 29.8 Å².